The van der Waals surface area contributed by atoms with Crippen LogP contribution < -0.4 is 82.7 Å². The van der Waals surface area contributed by atoms with E-state index in [1.807, 2.05) is 0 Å². The predicted molar refractivity (Wildman–Crippen MR) is 260 cm³/mol. The van der Waals surface area contributed by atoms with Gasteiger partial charge in [-0.1, -0.05) is 21.6 Å². The minimum absolute atomic E-state index is 0.0000806. The second-order valence-corrected chi connectivity index (χ2v) is 18.3. The maximum atomic E-state index is 13.9. The van der Waals surface area contributed by atoms with E-state index in [0.717, 1.165) is 28.5 Å². The van der Waals surface area contributed by atoms with Gasteiger partial charge in [0.05, 0.1) is 31.7 Å². The first-order valence-corrected chi connectivity index (χ1v) is 24.6. The number of alkyl halides is 3. The standard InChI is InChI=1S/C36H65N17O12S2.C2HF3O2/c1-17(54)27-33(63)52-19(7-4-10-44-35(40)41)29(59)47-14-26(57)49-23(34(64)65)16-67-66-15-18(38)28(58)46-13-25(56)48-22(12-24(39)55)32(62)51-20(6-2-3-9-37)30(60)50-21(31(61)53-27)8-5-11-45-36(42)43;3-2(4,5)1(6)7/h17-23,27,54H,2-16,37-38H2,1H3,(H2,39,55)(H,46,58)(H,47,59)(H,48,56)(H,49,57)(H,50,60)(H,51,62)(H,52,63)(H,53,61)(H,64,65)(H4,40,41,44)(H4,42,43,45);(H,6,7). The van der Waals surface area contributed by atoms with Crippen molar-refractivity contribution in [2.75, 3.05) is 44.2 Å². The Hall–Kier alpha value is -6.92. The minimum Gasteiger partial charge on any atom is -0.480 e. The van der Waals surface area contributed by atoms with E-state index in [2.05, 4.69) is 52.5 Å². The summed E-state index contributed by atoms with van der Waals surface area (Å²) in [6.07, 6.45) is -7.04. The normalized spacial score (nSPS) is 23.1. The van der Waals surface area contributed by atoms with Crippen LogP contribution in [0.1, 0.15) is 58.3 Å². The number of aliphatic imine (C=N–C) groups is 2. The molecule has 1 aliphatic rings. The zero-order valence-electron chi connectivity index (χ0n) is 39.9. The molecule has 31 nitrogen and oxygen atoms in total. The summed E-state index contributed by atoms with van der Waals surface area (Å²) < 4.78 is 31.7. The van der Waals surface area contributed by atoms with Crippen molar-refractivity contribution < 1.29 is 81.2 Å². The Morgan fingerprint density at radius 3 is 1.53 bits per heavy atom. The van der Waals surface area contributed by atoms with Crippen LogP contribution in [0.25, 0.3) is 0 Å². The molecule has 8 unspecified atom stereocenters. The van der Waals surface area contributed by atoms with Gasteiger partial charge in [-0.2, -0.15) is 13.2 Å². The van der Waals surface area contributed by atoms with Crippen molar-refractivity contribution in [3.8, 4) is 0 Å². The smallest absolute Gasteiger partial charge is 0.480 e. The first-order valence-electron chi connectivity index (χ1n) is 22.2. The summed E-state index contributed by atoms with van der Waals surface area (Å²) >= 11 is 0. The molecule has 25 N–H and O–H groups in total. The highest BCUT2D eigenvalue weighted by atomic mass is 33.1. The summed E-state index contributed by atoms with van der Waals surface area (Å²) in [4.78, 5) is 148. The number of aliphatic hydroxyl groups is 1. The molecule has 0 aliphatic carbocycles. The molecule has 0 aromatic carbocycles. The SMILES string of the molecule is CC(O)C1NC(=O)C(CCCN=C(N)N)NC(=O)C(CCCCN)NC(=O)C(CC(N)=O)NC(=O)CNC(=O)C(N)CSSCC(C(=O)O)NC(=O)CNC(=O)C(CCCN=C(N)N)NC1=O.O=C(O)C(F)(F)F. The molecule has 0 aromatic rings. The van der Waals surface area contributed by atoms with Crippen LogP contribution in [0, 0.1) is 0 Å². The predicted octanol–water partition coefficient (Wildman–Crippen LogP) is -7.94. The molecule has 1 aliphatic heterocycles. The average Bonchev–Trinajstić information content (AvgIpc) is 3.30. The number of nitrogens with two attached hydrogens (primary N) is 7. The highest BCUT2D eigenvalue weighted by molar-refractivity contribution is 8.76. The zero-order valence-corrected chi connectivity index (χ0v) is 41.6. The quantitative estimate of drug-likeness (QED) is 0.0295. The van der Waals surface area contributed by atoms with Crippen LogP contribution in [-0.4, -0.2) is 191 Å². The molecule has 0 spiro atoms. The average molecular weight is 1110 g/mol. The lowest BCUT2D eigenvalue weighted by atomic mass is 10.0. The van der Waals surface area contributed by atoms with E-state index in [9.17, 15) is 71.3 Å². The van der Waals surface area contributed by atoms with E-state index in [0.29, 0.717) is 6.42 Å². The summed E-state index contributed by atoms with van der Waals surface area (Å²) in [5.41, 5.74) is 38.6. The van der Waals surface area contributed by atoms with E-state index in [1.165, 1.54) is 0 Å². The van der Waals surface area contributed by atoms with Crippen molar-refractivity contribution in [1.29, 1.82) is 0 Å². The molecule has 0 bridgehead atoms. The summed E-state index contributed by atoms with van der Waals surface area (Å²) in [5, 5.41) is 46.4. The van der Waals surface area contributed by atoms with E-state index in [4.69, 9.17) is 50.0 Å². The van der Waals surface area contributed by atoms with Gasteiger partial charge in [0.15, 0.2) is 11.9 Å². The fourth-order valence-electron chi connectivity index (χ4n) is 5.75. The number of primary amides is 1. The molecule has 36 heteroatoms. The lowest BCUT2D eigenvalue weighted by molar-refractivity contribution is -0.192. The van der Waals surface area contributed by atoms with Gasteiger partial charge in [0, 0.05) is 24.6 Å². The lowest BCUT2D eigenvalue weighted by Gasteiger charge is -2.28. The number of carbonyl (C=O) groups is 11. The molecule has 0 saturated carbocycles. The molecular formula is C38H66F3N17O14S2. The number of carboxylic acid groups (broad SMARTS) is 2. The van der Waals surface area contributed by atoms with Gasteiger partial charge in [0.2, 0.25) is 53.2 Å². The summed E-state index contributed by atoms with van der Waals surface area (Å²) in [6, 6.07) is -10.5. The first kappa shape index (κ1) is 67.1. The molecule has 420 valence electrons. The number of guanidine groups is 2. The van der Waals surface area contributed by atoms with Crippen molar-refractivity contribution in [2.24, 2.45) is 50.1 Å². The number of nitrogens with one attached hydrogen (secondary N) is 8. The van der Waals surface area contributed by atoms with E-state index in [-0.39, 0.29) is 81.6 Å². The largest absolute Gasteiger partial charge is 0.490 e. The number of hydrogen-bond donors (Lipinski definition) is 18. The molecule has 8 atom stereocenters. The number of amides is 9. The molecule has 0 aromatic heterocycles. The Labute approximate surface area is 428 Å². The maximum Gasteiger partial charge on any atom is 0.490 e. The van der Waals surface area contributed by atoms with Gasteiger partial charge >= 0.3 is 18.1 Å². The lowest BCUT2D eigenvalue weighted by Crippen LogP contribution is -2.61. The molecule has 1 heterocycles. The topological polar surface area (TPSA) is 552 Å². The molecule has 9 amide bonds. The fraction of sp³-hybridized carbons (Fsp3) is 0.658. The van der Waals surface area contributed by atoms with E-state index in [1.54, 1.807) is 0 Å². The van der Waals surface area contributed by atoms with Crippen LogP contribution in [0.2, 0.25) is 0 Å². The number of rotatable bonds is 16. The third-order valence-corrected chi connectivity index (χ3v) is 11.9. The van der Waals surface area contributed by atoms with E-state index < -0.39 is 139 Å². The Morgan fingerprint density at radius 2 is 1.07 bits per heavy atom. The number of unbranched alkanes of at least 4 members (excludes halogenated alkanes) is 1. The number of halogens is 3. The Kier molecular flexibility index (Phi) is 32.0. The molecule has 1 fully saturated rings. The van der Waals surface area contributed by atoms with Crippen molar-refractivity contribution in [1.82, 2.24) is 42.5 Å². The van der Waals surface area contributed by atoms with E-state index >= 15 is 0 Å². The third-order valence-electron chi connectivity index (χ3n) is 9.48. The van der Waals surface area contributed by atoms with Crippen molar-refractivity contribution >= 4 is 98.6 Å². The fourth-order valence-corrected chi connectivity index (χ4v) is 8.03. The van der Waals surface area contributed by atoms with Crippen LogP contribution in [0.3, 0.4) is 0 Å². The van der Waals surface area contributed by atoms with Crippen LogP contribution in [0.15, 0.2) is 9.98 Å². The van der Waals surface area contributed by atoms with Crippen LogP contribution in [0.5, 0.6) is 0 Å². The van der Waals surface area contributed by atoms with Gasteiger partial charge in [0.1, 0.15) is 36.3 Å². The van der Waals surface area contributed by atoms with Gasteiger partial charge < -0.3 is 98.0 Å². The Bertz CT molecular complexity index is 2000. The molecular weight excluding hydrogens is 1040 g/mol. The monoisotopic (exact) mass is 1110 g/mol. The Morgan fingerprint density at radius 1 is 0.635 bits per heavy atom. The van der Waals surface area contributed by atoms with Gasteiger partial charge in [-0.05, 0) is 58.4 Å². The third kappa shape index (κ3) is 29.6. The van der Waals surface area contributed by atoms with Gasteiger partial charge in [-0.25, -0.2) is 9.59 Å². The van der Waals surface area contributed by atoms with Crippen molar-refractivity contribution in [2.45, 2.75) is 113 Å². The number of aliphatic hydroxyl groups excluding tert-OH is 1. The number of nitrogens with zero attached hydrogens (tertiary/aromatic N) is 2. The van der Waals surface area contributed by atoms with Gasteiger partial charge in [-0.15, -0.1) is 0 Å². The summed E-state index contributed by atoms with van der Waals surface area (Å²) in [5.74, 6) is -13.8. The van der Waals surface area contributed by atoms with Crippen LogP contribution >= 0.6 is 21.6 Å². The minimum atomic E-state index is -5.08. The maximum absolute atomic E-state index is 13.9. The van der Waals surface area contributed by atoms with Crippen molar-refractivity contribution in [3.63, 3.8) is 0 Å². The van der Waals surface area contributed by atoms with Crippen LogP contribution in [0.4, 0.5) is 13.2 Å². The number of aliphatic carboxylic acids is 2. The molecule has 1 saturated heterocycles. The van der Waals surface area contributed by atoms with Gasteiger partial charge in [0.25, 0.3) is 0 Å². The highest BCUT2D eigenvalue weighted by Gasteiger charge is 2.38. The second kappa shape index (κ2) is 35.3. The highest BCUT2D eigenvalue weighted by Crippen LogP contribution is 2.23. The molecule has 1 rings (SSSR count). The molecule has 74 heavy (non-hydrogen) atoms. The molecule has 0 radical (unpaired) electrons. The van der Waals surface area contributed by atoms with Crippen molar-refractivity contribution in [3.05, 3.63) is 0 Å². The first-order chi connectivity index (χ1) is 34.5. The number of hydrogen-bond acceptors (Lipinski definition) is 18. The summed E-state index contributed by atoms with van der Waals surface area (Å²) in [6.45, 7) is -0.148. The van der Waals surface area contributed by atoms with Gasteiger partial charge in [-0.3, -0.25) is 53.1 Å². The second-order valence-electron chi connectivity index (χ2n) is 15.8. The van der Waals surface area contributed by atoms with Crippen LogP contribution in [-0.2, 0) is 52.7 Å². The number of carbonyl (C=O) groups excluding carboxylic acids is 9. The Balaban J connectivity index is 0.00000705. The zero-order chi connectivity index (χ0) is 56.7. The summed E-state index contributed by atoms with van der Waals surface area (Å²) in [7, 11) is 1.90. The number of carboxylic acids is 2.